The van der Waals surface area contributed by atoms with E-state index in [1.165, 1.54) is 12.8 Å². The lowest BCUT2D eigenvalue weighted by atomic mass is 9.78. The van der Waals surface area contributed by atoms with E-state index >= 15 is 0 Å². The second kappa shape index (κ2) is 7.11. The zero-order valence-corrected chi connectivity index (χ0v) is 13.1. The number of hydrogen-bond donors (Lipinski definition) is 1. The molecule has 108 valence electrons. The SMILES string of the molecule is CCCS(=O)(=O)CCNC1(CCl)CCC(C)CC1. The van der Waals surface area contributed by atoms with E-state index in [2.05, 4.69) is 12.2 Å². The lowest BCUT2D eigenvalue weighted by Crippen LogP contribution is -2.50. The molecule has 0 aliphatic heterocycles. The van der Waals surface area contributed by atoms with Crippen LogP contribution in [-0.4, -0.2) is 37.9 Å². The molecule has 1 aliphatic rings. The summed E-state index contributed by atoms with van der Waals surface area (Å²) in [6.07, 6.45) is 5.18. The van der Waals surface area contributed by atoms with Crippen molar-refractivity contribution in [1.82, 2.24) is 5.32 Å². The predicted molar refractivity (Wildman–Crippen MR) is 78.0 cm³/mol. The van der Waals surface area contributed by atoms with Crippen LogP contribution in [-0.2, 0) is 9.84 Å². The van der Waals surface area contributed by atoms with Gasteiger partial charge in [-0.1, -0.05) is 13.8 Å². The topological polar surface area (TPSA) is 46.2 Å². The molecule has 0 heterocycles. The fourth-order valence-corrected chi connectivity index (χ4v) is 4.16. The van der Waals surface area contributed by atoms with Crippen LogP contribution >= 0.6 is 11.6 Å². The molecule has 0 radical (unpaired) electrons. The van der Waals surface area contributed by atoms with Gasteiger partial charge >= 0.3 is 0 Å². The van der Waals surface area contributed by atoms with E-state index in [1.54, 1.807) is 0 Å². The summed E-state index contributed by atoms with van der Waals surface area (Å²) in [6, 6.07) is 0. The van der Waals surface area contributed by atoms with E-state index in [9.17, 15) is 8.42 Å². The highest BCUT2D eigenvalue weighted by Gasteiger charge is 2.32. The van der Waals surface area contributed by atoms with Crippen LogP contribution < -0.4 is 5.32 Å². The third-order valence-electron chi connectivity index (χ3n) is 3.92. The first-order valence-electron chi connectivity index (χ1n) is 6.94. The average Bonchev–Trinajstić information content (AvgIpc) is 2.32. The van der Waals surface area contributed by atoms with E-state index in [0.717, 1.165) is 18.8 Å². The molecule has 18 heavy (non-hydrogen) atoms. The van der Waals surface area contributed by atoms with Crippen LogP contribution in [0.4, 0.5) is 0 Å². The molecule has 1 N–H and O–H groups in total. The van der Waals surface area contributed by atoms with Crippen molar-refractivity contribution < 1.29 is 8.42 Å². The molecular formula is C13H26ClNO2S. The van der Waals surface area contributed by atoms with Gasteiger partial charge in [-0.3, -0.25) is 0 Å². The van der Waals surface area contributed by atoms with Gasteiger partial charge in [-0.2, -0.15) is 0 Å². The molecule has 5 heteroatoms. The van der Waals surface area contributed by atoms with Gasteiger partial charge in [0.05, 0.1) is 5.75 Å². The highest BCUT2D eigenvalue weighted by molar-refractivity contribution is 7.91. The monoisotopic (exact) mass is 295 g/mol. The van der Waals surface area contributed by atoms with Crippen molar-refractivity contribution in [1.29, 1.82) is 0 Å². The smallest absolute Gasteiger partial charge is 0.151 e. The van der Waals surface area contributed by atoms with Crippen LogP contribution in [0.3, 0.4) is 0 Å². The Morgan fingerprint density at radius 2 is 1.89 bits per heavy atom. The van der Waals surface area contributed by atoms with Crippen LogP contribution in [0.1, 0.15) is 46.0 Å². The van der Waals surface area contributed by atoms with Gasteiger partial charge in [-0.05, 0) is 38.0 Å². The first-order valence-corrected chi connectivity index (χ1v) is 9.30. The molecule has 0 amide bonds. The largest absolute Gasteiger partial charge is 0.309 e. The van der Waals surface area contributed by atoms with E-state index in [4.69, 9.17) is 11.6 Å². The standard InChI is InChI=1S/C13H26ClNO2S/c1-3-9-18(16,17)10-8-15-13(11-14)6-4-12(2)5-7-13/h12,15H,3-11H2,1-2H3. The van der Waals surface area contributed by atoms with E-state index in [1.807, 2.05) is 6.92 Å². The number of sulfone groups is 1. The summed E-state index contributed by atoms with van der Waals surface area (Å²) in [4.78, 5) is 0. The maximum absolute atomic E-state index is 11.6. The minimum absolute atomic E-state index is 0.0319. The van der Waals surface area contributed by atoms with Crippen molar-refractivity contribution in [2.24, 2.45) is 5.92 Å². The Labute approximate surface area is 117 Å². The quantitative estimate of drug-likeness (QED) is 0.734. The summed E-state index contributed by atoms with van der Waals surface area (Å²) in [5, 5.41) is 3.41. The first kappa shape index (κ1) is 16.3. The fraction of sp³-hybridized carbons (Fsp3) is 1.00. The molecule has 3 nitrogen and oxygen atoms in total. The number of hydrogen-bond acceptors (Lipinski definition) is 3. The second-order valence-corrected chi connectivity index (χ2v) is 8.25. The maximum atomic E-state index is 11.6. The molecule has 0 atom stereocenters. The van der Waals surface area contributed by atoms with Gasteiger partial charge in [0.2, 0.25) is 0 Å². The molecule has 0 saturated heterocycles. The predicted octanol–water partition coefficient (Wildman–Crippen LogP) is 2.59. The van der Waals surface area contributed by atoms with Gasteiger partial charge in [0, 0.05) is 23.7 Å². The van der Waals surface area contributed by atoms with Gasteiger partial charge in [-0.15, -0.1) is 11.6 Å². The van der Waals surface area contributed by atoms with Gasteiger partial charge in [0.15, 0.2) is 9.84 Å². The molecule has 0 aromatic carbocycles. The van der Waals surface area contributed by atoms with E-state index in [-0.39, 0.29) is 11.3 Å². The number of rotatable bonds is 7. The normalized spacial score (nSPS) is 29.4. The minimum atomic E-state index is -2.88. The number of alkyl halides is 1. The van der Waals surface area contributed by atoms with Crippen molar-refractivity contribution in [3.63, 3.8) is 0 Å². The summed E-state index contributed by atoms with van der Waals surface area (Å²) in [5.74, 6) is 1.87. The molecule has 1 rings (SSSR count). The van der Waals surface area contributed by atoms with E-state index < -0.39 is 9.84 Å². The highest BCUT2D eigenvalue weighted by Crippen LogP contribution is 2.32. The molecule has 0 spiro atoms. The van der Waals surface area contributed by atoms with Gasteiger partial charge in [-0.25, -0.2) is 8.42 Å². The lowest BCUT2D eigenvalue weighted by Gasteiger charge is -2.39. The summed E-state index contributed by atoms with van der Waals surface area (Å²) in [7, 11) is -2.88. The Morgan fingerprint density at radius 3 is 2.39 bits per heavy atom. The summed E-state index contributed by atoms with van der Waals surface area (Å²) in [6.45, 7) is 4.70. The fourth-order valence-electron chi connectivity index (χ4n) is 2.56. The number of halogens is 1. The van der Waals surface area contributed by atoms with E-state index in [0.29, 0.717) is 24.6 Å². The molecule has 0 aromatic heterocycles. The van der Waals surface area contributed by atoms with Crippen molar-refractivity contribution in [2.45, 2.75) is 51.5 Å². The Kier molecular flexibility index (Phi) is 6.42. The molecule has 0 bridgehead atoms. The van der Waals surface area contributed by atoms with Crippen LogP contribution in [0.25, 0.3) is 0 Å². The third-order valence-corrected chi connectivity index (χ3v) is 6.28. The first-order chi connectivity index (χ1) is 8.43. The molecule has 1 aliphatic carbocycles. The Hall–Kier alpha value is 0.200. The van der Waals surface area contributed by atoms with Crippen molar-refractivity contribution >= 4 is 21.4 Å². The van der Waals surface area contributed by atoms with Crippen molar-refractivity contribution in [3.8, 4) is 0 Å². The lowest BCUT2D eigenvalue weighted by molar-refractivity contribution is 0.221. The minimum Gasteiger partial charge on any atom is -0.309 e. The Balaban J connectivity index is 2.41. The second-order valence-electron chi connectivity index (χ2n) is 5.68. The summed E-state index contributed by atoms with van der Waals surface area (Å²) in [5.41, 5.74) is -0.0319. The number of nitrogens with one attached hydrogen (secondary N) is 1. The highest BCUT2D eigenvalue weighted by atomic mass is 35.5. The van der Waals surface area contributed by atoms with Gasteiger partial charge < -0.3 is 5.32 Å². The molecule has 1 saturated carbocycles. The Bertz CT molecular complexity index is 335. The zero-order chi connectivity index (χ0) is 13.6. The average molecular weight is 296 g/mol. The maximum Gasteiger partial charge on any atom is 0.151 e. The van der Waals surface area contributed by atoms with Crippen LogP contribution in [0.2, 0.25) is 0 Å². The van der Waals surface area contributed by atoms with Crippen LogP contribution in [0.5, 0.6) is 0 Å². The molecular weight excluding hydrogens is 270 g/mol. The van der Waals surface area contributed by atoms with Crippen molar-refractivity contribution in [3.05, 3.63) is 0 Å². The third kappa shape index (κ3) is 5.06. The Morgan fingerprint density at radius 1 is 1.28 bits per heavy atom. The van der Waals surface area contributed by atoms with Crippen LogP contribution in [0, 0.1) is 5.92 Å². The van der Waals surface area contributed by atoms with Gasteiger partial charge in [0.25, 0.3) is 0 Å². The van der Waals surface area contributed by atoms with Crippen molar-refractivity contribution in [2.75, 3.05) is 23.9 Å². The summed E-state index contributed by atoms with van der Waals surface area (Å²) >= 11 is 6.08. The molecule has 1 fully saturated rings. The van der Waals surface area contributed by atoms with Gasteiger partial charge in [0.1, 0.15) is 0 Å². The summed E-state index contributed by atoms with van der Waals surface area (Å²) < 4.78 is 23.3. The molecule has 0 unspecified atom stereocenters. The zero-order valence-electron chi connectivity index (χ0n) is 11.5. The molecule has 0 aromatic rings. The van der Waals surface area contributed by atoms with Crippen LogP contribution in [0.15, 0.2) is 0 Å².